The van der Waals surface area contributed by atoms with Crippen LogP contribution < -0.4 is 10.6 Å². The summed E-state index contributed by atoms with van der Waals surface area (Å²) < 4.78 is 27.0. The lowest BCUT2D eigenvalue weighted by Crippen LogP contribution is -2.45. The highest BCUT2D eigenvalue weighted by molar-refractivity contribution is 5.99. The van der Waals surface area contributed by atoms with Crippen LogP contribution in [0.4, 0.5) is 25.0 Å². The average Bonchev–Trinajstić information content (AvgIpc) is 3.02. The van der Waals surface area contributed by atoms with Crippen molar-refractivity contribution < 1.29 is 23.5 Å². The Kier molecular flexibility index (Phi) is 5.13. The van der Waals surface area contributed by atoms with Gasteiger partial charge in [-0.15, -0.1) is 0 Å². The number of hydrogen-bond donors (Lipinski definition) is 3. The second kappa shape index (κ2) is 7.49. The zero-order valence-corrected chi connectivity index (χ0v) is 13.7. The van der Waals surface area contributed by atoms with Crippen molar-refractivity contribution in [3.05, 3.63) is 60.2 Å². The molecule has 0 saturated carbocycles. The number of aliphatic hydroxyl groups is 1. The molecule has 3 rings (SSSR count). The quantitative estimate of drug-likeness (QED) is 0.786. The highest BCUT2D eigenvalue weighted by Crippen LogP contribution is 2.23. The molecule has 2 aromatic rings. The smallest absolute Gasteiger partial charge is 0.322 e. The second-order valence-corrected chi connectivity index (χ2v) is 5.94. The van der Waals surface area contributed by atoms with Gasteiger partial charge in [-0.25, -0.2) is 13.6 Å². The maximum absolute atomic E-state index is 13.7. The maximum Gasteiger partial charge on any atom is 0.322 e. The molecule has 2 aromatic carbocycles. The highest BCUT2D eigenvalue weighted by atomic mass is 19.2. The molecule has 0 radical (unpaired) electrons. The molecule has 1 fully saturated rings. The lowest BCUT2D eigenvalue weighted by molar-refractivity contribution is -0.119. The topological polar surface area (TPSA) is 81.7 Å². The van der Waals surface area contributed by atoms with Crippen LogP contribution in [0, 0.1) is 11.6 Å². The van der Waals surface area contributed by atoms with Gasteiger partial charge in [0.1, 0.15) is 6.04 Å². The SMILES string of the molecule is O=C(Nc1cccc(F)c1F)C1CC(O)CN1C(=O)Nc1ccccc1. The van der Waals surface area contributed by atoms with E-state index in [1.165, 1.54) is 17.0 Å². The molecule has 8 heteroatoms. The minimum atomic E-state index is -1.18. The van der Waals surface area contributed by atoms with Crippen molar-refractivity contribution in [2.24, 2.45) is 0 Å². The summed E-state index contributed by atoms with van der Waals surface area (Å²) in [6, 6.07) is 10.5. The van der Waals surface area contributed by atoms with Crippen LogP contribution in [0.15, 0.2) is 48.5 Å². The molecule has 1 aliphatic rings. The number of urea groups is 1. The van der Waals surface area contributed by atoms with E-state index in [1.54, 1.807) is 30.3 Å². The molecule has 1 aliphatic heterocycles. The third-order valence-electron chi connectivity index (χ3n) is 4.08. The van der Waals surface area contributed by atoms with Crippen molar-refractivity contribution in [1.29, 1.82) is 0 Å². The number of β-amino-alcohol motifs (C(OH)–C–C–N with tert-alkyl or cyclic N) is 1. The van der Waals surface area contributed by atoms with Gasteiger partial charge in [0.25, 0.3) is 0 Å². The summed E-state index contributed by atoms with van der Waals surface area (Å²) >= 11 is 0. The predicted molar refractivity (Wildman–Crippen MR) is 91.6 cm³/mol. The number of aliphatic hydroxyl groups excluding tert-OH is 1. The lowest BCUT2D eigenvalue weighted by atomic mass is 10.1. The van der Waals surface area contributed by atoms with Gasteiger partial charge in [-0.3, -0.25) is 4.79 Å². The fraction of sp³-hybridized carbons (Fsp3) is 0.222. The average molecular weight is 361 g/mol. The summed E-state index contributed by atoms with van der Waals surface area (Å²) in [6.45, 7) is -0.0393. The Hall–Kier alpha value is -3.00. The summed E-state index contributed by atoms with van der Waals surface area (Å²) in [6.07, 6.45) is -0.880. The zero-order chi connectivity index (χ0) is 18.7. The standard InChI is InChI=1S/C18H17F2N3O3/c19-13-7-4-8-14(16(13)20)22-17(25)15-9-12(24)10-23(15)18(26)21-11-5-2-1-3-6-11/h1-8,12,15,24H,9-10H2,(H,21,26)(H,22,25). The molecular formula is C18H17F2N3O3. The van der Waals surface area contributed by atoms with Crippen LogP contribution in [-0.4, -0.2) is 40.6 Å². The molecular weight excluding hydrogens is 344 g/mol. The van der Waals surface area contributed by atoms with Crippen LogP contribution in [0.1, 0.15) is 6.42 Å². The Morgan fingerprint density at radius 2 is 1.77 bits per heavy atom. The Bertz CT molecular complexity index is 817. The van der Waals surface area contributed by atoms with Gasteiger partial charge in [0, 0.05) is 18.7 Å². The van der Waals surface area contributed by atoms with Crippen molar-refractivity contribution in [2.45, 2.75) is 18.6 Å². The second-order valence-electron chi connectivity index (χ2n) is 5.94. The molecule has 26 heavy (non-hydrogen) atoms. The highest BCUT2D eigenvalue weighted by Gasteiger charge is 2.39. The van der Waals surface area contributed by atoms with Gasteiger partial charge in [0.15, 0.2) is 11.6 Å². The number of carbonyl (C=O) groups is 2. The monoisotopic (exact) mass is 361 g/mol. The van der Waals surface area contributed by atoms with Crippen molar-refractivity contribution in [3.63, 3.8) is 0 Å². The number of nitrogens with one attached hydrogen (secondary N) is 2. The van der Waals surface area contributed by atoms with Crippen molar-refractivity contribution in [1.82, 2.24) is 4.90 Å². The van der Waals surface area contributed by atoms with E-state index in [-0.39, 0.29) is 18.7 Å². The molecule has 136 valence electrons. The number of likely N-dealkylation sites (tertiary alicyclic amines) is 1. The zero-order valence-electron chi connectivity index (χ0n) is 13.7. The van der Waals surface area contributed by atoms with E-state index in [2.05, 4.69) is 10.6 Å². The molecule has 1 heterocycles. The van der Waals surface area contributed by atoms with Gasteiger partial charge in [0.05, 0.1) is 11.8 Å². The van der Waals surface area contributed by atoms with Crippen LogP contribution in [0.5, 0.6) is 0 Å². The number of para-hydroxylation sites is 1. The molecule has 6 nitrogen and oxygen atoms in total. The van der Waals surface area contributed by atoms with E-state index >= 15 is 0 Å². The minimum absolute atomic E-state index is 0.00494. The van der Waals surface area contributed by atoms with Crippen LogP contribution in [0.3, 0.4) is 0 Å². The minimum Gasteiger partial charge on any atom is -0.391 e. The Morgan fingerprint density at radius 3 is 2.50 bits per heavy atom. The van der Waals surface area contributed by atoms with E-state index < -0.39 is 35.7 Å². The first kappa shape index (κ1) is 17.8. The van der Waals surface area contributed by atoms with Crippen molar-refractivity contribution >= 4 is 23.3 Å². The number of anilines is 2. The summed E-state index contributed by atoms with van der Waals surface area (Å²) in [4.78, 5) is 26.1. The Morgan fingerprint density at radius 1 is 1.04 bits per heavy atom. The van der Waals surface area contributed by atoms with E-state index in [0.717, 1.165) is 6.07 Å². The number of halogens is 2. The normalized spacial score (nSPS) is 19.3. The molecule has 0 aromatic heterocycles. The number of amides is 3. The molecule has 3 amide bonds. The maximum atomic E-state index is 13.7. The summed E-state index contributed by atoms with van der Waals surface area (Å²) in [7, 11) is 0. The van der Waals surface area contributed by atoms with E-state index in [1.807, 2.05) is 0 Å². The number of rotatable bonds is 3. The van der Waals surface area contributed by atoms with Crippen molar-refractivity contribution in [3.8, 4) is 0 Å². The summed E-state index contributed by atoms with van der Waals surface area (Å²) in [5.41, 5.74) is 0.217. The van der Waals surface area contributed by atoms with E-state index in [0.29, 0.717) is 5.69 Å². The molecule has 1 saturated heterocycles. The van der Waals surface area contributed by atoms with Crippen LogP contribution in [0.2, 0.25) is 0 Å². The Labute approximate surface area is 148 Å². The first-order valence-corrected chi connectivity index (χ1v) is 8.01. The van der Waals surface area contributed by atoms with Gasteiger partial charge in [-0.05, 0) is 24.3 Å². The molecule has 2 atom stereocenters. The van der Waals surface area contributed by atoms with Gasteiger partial charge in [0.2, 0.25) is 5.91 Å². The van der Waals surface area contributed by atoms with Crippen LogP contribution >= 0.6 is 0 Å². The largest absolute Gasteiger partial charge is 0.391 e. The summed E-state index contributed by atoms with van der Waals surface area (Å²) in [5.74, 6) is -2.97. The molecule has 2 unspecified atom stereocenters. The number of hydrogen-bond acceptors (Lipinski definition) is 3. The number of benzene rings is 2. The Balaban J connectivity index is 1.73. The number of carbonyl (C=O) groups excluding carboxylic acids is 2. The third kappa shape index (κ3) is 3.80. The van der Waals surface area contributed by atoms with Crippen LogP contribution in [-0.2, 0) is 4.79 Å². The van der Waals surface area contributed by atoms with Gasteiger partial charge in [-0.1, -0.05) is 24.3 Å². The molecule has 3 N–H and O–H groups in total. The van der Waals surface area contributed by atoms with E-state index in [9.17, 15) is 23.5 Å². The van der Waals surface area contributed by atoms with Crippen molar-refractivity contribution in [2.75, 3.05) is 17.2 Å². The van der Waals surface area contributed by atoms with Gasteiger partial charge in [-0.2, -0.15) is 0 Å². The van der Waals surface area contributed by atoms with Gasteiger partial charge < -0.3 is 20.6 Å². The fourth-order valence-corrected chi connectivity index (χ4v) is 2.82. The molecule has 0 aliphatic carbocycles. The van der Waals surface area contributed by atoms with E-state index in [4.69, 9.17) is 0 Å². The summed E-state index contributed by atoms with van der Waals surface area (Å²) in [5, 5.41) is 14.8. The third-order valence-corrected chi connectivity index (χ3v) is 4.08. The van der Waals surface area contributed by atoms with Crippen LogP contribution in [0.25, 0.3) is 0 Å². The predicted octanol–water partition coefficient (Wildman–Crippen LogP) is 2.57. The lowest BCUT2D eigenvalue weighted by Gasteiger charge is -2.24. The first-order valence-electron chi connectivity index (χ1n) is 8.01. The molecule has 0 bridgehead atoms. The molecule has 0 spiro atoms. The number of nitrogens with zero attached hydrogens (tertiary/aromatic N) is 1. The van der Waals surface area contributed by atoms with Gasteiger partial charge >= 0.3 is 6.03 Å². The first-order chi connectivity index (χ1) is 12.5. The fourth-order valence-electron chi connectivity index (χ4n) is 2.82.